The summed E-state index contributed by atoms with van der Waals surface area (Å²) in [5, 5.41) is 19.8. The largest absolute Gasteiger partial charge is 0.378 e. The van der Waals surface area contributed by atoms with Gasteiger partial charge in [0, 0.05) is 37.1 Å². The molecule has 0 aliphatic carbocycles. The summed E-state index contributed by atoms with van der Waals surface area (Å²) in [5.41, 5.74) is 0.281. The van der Waals surface area contributed by atoms with E-state index in [1.54, 1.807) is 0 Å². The Bertz CT molecular complexity index is 1110. The van der Waals surface area contributed by atoms with Crippen LogP contribution in [0.25, 0.3) is 0 Å². The van der Waals surface area contributed by atoms with Gasteiger partial charge in [-0.3, -0.25) is 9.89 Å². The summed E-state index contributed by atoms with van der Waals surface area (Å²) >= 11 is 5.85. The van der Waals surface area contributed by atoms with E-state index in [2.05, 4.69) is 21.6 Å². The lowest BCUT2D eigenvalue weighted by Crippen LogP contribution is -2.41. The molecular formula is C20H23ClN6O4S. The minimum atomic E-state index is -3.64. The number of morpholine rings is 1. The maximum Gasteiger partial charge on any atom is 0.243 e. The molecule has 2 aromatic rings. The van der Waals surface area contributed by atoms with Gasteiger partial charge in [0.25, 0.3) is 0 Å². The second-order valence-corrected chi connectivity index (χ2v) is 10.0. The molecule has 0 bridgehead atoms. The van der Waals surface area contributed by atoms with Gasteiger partial charge in [-0.15, -0.1) is 0 Å². The molecule has 1 amide bonds. The van der Waals surface area contributed by atoms with E-state index in [4.69, 9.17) is 16.3 Å². The monoisotopic (exact) mass is 478 g/mol. The second-order valence-electron chi connectivity index (χ2n) is 7.63. The number of sulfonamides is 1. The molecule has 2 N–H and O–H groups in total. The molecule has 3 heterocycles. The lowest BCUT2D eigenvalue weighted by Gasteiger charge is -2.30. The number of amides is 1. The summed E-state index contributed by atoms with van der Waals surface area (Å²) in [4.78, 5) is 14.9. The predicted molar refractivity (Wildman–Crippen MR) is 118 cm³/mol. The maximum atomic E-state index is 12.8. The molecule has 2 aliphatic rings. The number of hydrogen-bond donors (Lipinski definition) is 2. The molecule has 0 spiro atoms. The molecule has 4 rings (SSSR count). The molecule has 0 atom stereocenters. The summed E-state index contributed by atoms with van der Waals surface area (Å²) in [6, 6.07) is 8.14. The topological polar surface area (TPSA) is 131 Å². The summed E-state index contributed by atoms with van der Waals surface area (Å²) < 4.78 is 32.4. The number of rotatable bonds is 5. The first-order chi connectivity index (χ1) is 15.4. The van der Waals surface area contributed by atoms with Crippen LogP contribution in [-0.4, -0.2) is 68.2 Å². The lowest BCUT2D eigenvalue weighted by molar-refractivity contribution is -0.120. The first-order valence-electron chi connectivity index (χ1n) is 10.3. The van der Waals surface area contributed by atoms with Crippen molar-refractivity contribution in [3.8, 4) is 6.07 Å². The number of piperidine rings is 1. The van der Waals surface area contributed by atoms with Crippen molar-refractivity contribution in [2.24, 2.45) is 5.92 Å². The fourth-order valence-electron chi connectivity index (χ4n) is 3.87. The number of aromatic nitrogens is 2. The number of H-pyrrole nitrogens is 1. The molecule has 10 nitrogen and oxygen atoms in total. The Balaban J connectivity index is 1.38. The molecule has 0 radical (unpaired) electrons. The van der Waals surface area contributed by atoms with Crippen LogP contribution in [0.1, 0.15) is 18.4 Å². The van der Waals surface area contributed by atoms with Gasteiger partial charge in [0.05, 0.1) is 18.1 Å². The van der Waals surface area contributed by atoms with Gasteiger partial charge in [0.1, 0.15) is 17.5 Å². The Morgan fingerprint density at radius 3 is 2.47 bits per heavy atom. The van der Waals surface area contributed by atoms with Crippen molar-refractivity contribution >= 4 is 39.2 Å². The van der Waals surface area contributed by atoms with E-state index in [-0.39, 0.29) is 41.2 Å². The smallest absolute Gasteiger partial charge is 0.243 e. The molecule has 32 heavy (non-hydrogen) atoms. The summed E-state index contributed by atoms with van der Waals surface area (Å²) in [6.45, 7) is 2.81. The molecule has 2 fully saturated rings. The third kappa shape index (κ3) is 4.59. The summed E-state index contributed by atoms with van der Waals surface area (Å²) in [5.74, 6) is 0.126. The highest BCUT2D eigenvalue weighted by molar-refractivity contribution is 7.89. The summed E-state index contributed by atoms with van der Waals surface area (Å²) in [6.07, 6.45) is 0.760. The van der Waals surface area contributed by atoms with Gasteiger partial charge in [-0.05, 0) is 37.1 Å². The quantitative estimate of drug-likeness (QED) is 0.669. The zero-order chi connectivity index (χ0) is 22.7. The SMILES string of the molecule is N#Cc1c(N2CCOCC2)n[nH]c1NC(=O)C1CCN(S(=O)(=O)c2ccc(Cl)cc2)CC1. The number of nitriles is 1. The van der Waals surface area contributed by atoms with E-state index >= 15 is 0 Å². The van der Waals surface area contributed by atoms with Crippen LogP contribution < -0.4 is 10.2 Å². The highest BCUT2D eigenvalue weighted by Gasteiger charge is 2.33. The molecule has 2 aliphatic heterocycles. The van der Waals surface area contributed by atoms with Crippen LogP contribution in [0.5, 0.6) is 0 Å². The van der Waals surface area contributed by atoms with Gasteiger partial charge < -0.3 is 15.0 Å². The molecule has 12 heteroatoms. The van der Waals surface area contributed by atoms with Crippen LogP contribution in [0.3, 0.4) is 0 Å². The number of nitrogens with one attached hydrogen (secondary N) is 2. The van der Waals surface area contributed by atoms with Crippen molar-refractivity contribution in [2.45, 2.75) is 17.7 Å². The van der Waals surface area contributed by atoms with Crippen LogP contribution in [0.2, 0.25) is 5.02 Å². The Labute approximate surface area is 191 Å². The number of aromatic amines is 1. The van der Waals surface area contributed by atoms with Gasteiger partial charge in [0.15, 0.2) is 5.82 Å². The van der Waals surface area contributed by atoms with Crippen molar-refractivity contribution in [1.82, 2.24) is 14.5 Å². The van der Waals surface area contributed by atoms with Crippen LogP contribution in [0.15, 0.2) is 29.2 Å². The second kappa shape index (κ2) is 9.46. The molecule has 0 unspecified atom stereocenters. The predicted octanol–water partition coefficient (Wildman–Crippen LogP) is 1.81. The number of ether oxygens (including phenoxy) is 1. The number of carbonyl (C=O) groups excluding carboxylic acids is 1. The normalized spacial score (nSPS) is 18.3. The minimum Gasteiger partial charge on any atom is -0.378 e. The lowest BCUT2D eigenvalue weighted by atomic mass is 9.97. The number of halogens is 1. The Kier molecular flexibility index (Phi) is 6.66. The van der Waals surface area contributed by atoms with Crippen molar-refractivity contribution in [3.63, 3.8) is 0 Å². The molecule has 170 valence electrons. The number of benzene rings is 1. The third-order valence-electron chi connectivity index (χ3n) is 5.69. The first kappa shape index (κ1) is 22.5. The van der Waals surface area contributed by atoms with E-state index in [9.17, 15) is 18.5 Å². The number of carbonyl (C=O) groups is 1. The van der Waals surface area contributed by atoms with Crippen molar-refractivity contribution in [3.05, 3.63) is 34.9 Å². The zero-order valence-electron chi connectivity index (χ0n) is 17.3. The molecule has 2 saturated heterocycles. The standard InChI is InChI=1S/C20H23ClN6O4S/c21-15-1-3-16(4-2-15)32(29,30)27-7-5-14(6-8-27)20(28)23-18-17(13-22)19(25-24-18)26-9-11-31-12-10-26/h1-4,14H,5-12H2,(H2,23,24,25,28). The van der Waals surface area contributed by atoms with E-state index in [1.165, 1.54) is 28.6 Å². The highest BCUT2D eigenvalue weighted by Crippen LogP contribution is 2.28. The van der Waals surface area contributed by atoms with Crippen LogP contribution in [0.4, 0.5) is 11.6 Å². The van der Waals surface area contributed by atoms with Crippen LogP contribution >= 0.6 is 11.6 Å². The van der Waals surface area contributed by atoms with Gasteiger partial charge in [-0.25, -0.2) is 8.42 Å². The van der Waals surface area contributed by atoms with E-state index in [1.807, 2.05) is 4.90 Å². The minimum absolute atomic E-state index is 0.177. The highest BCUT2D eigenvalue weighted by atomic mass is 35.5. The van der Waals surface area contributed by atoms with Crippen molar-refractivity contribution < 1.29 is 17.9 Å². The Morgan fingerprint density at radius 2 is 1.84 bits per heavy atom. The van der Waals surface area contributed by atoms with Gasteiger partial charge in [0.2, 0.25) is 15.9 Å². The Hall–Kier alpha value is -2.65. The third-order valence-corrected chi connectivity index (χ3v) is 7.86. The van der Waals surface area contributed by atoms with Gasteiger partial charge >= 0.3 is 0 Å². The van der Waals surface area contributed by atoms with Crippen LogP contribution in [0, 0.1) is 17.2 Å². The van der Waals surface area contributed by atoms with Crippen molar-refractivity contribution in [2.75, 3.05) is 49.6 Å². The van der Waals surface area contributed by atoms with Crippen LogP contribution in [-0.2, 0) is 19.6 Å². The molecule has 0 saturated carbocycles. The Morgan fingerprint density at radius 1 is 1.19 bits per heavy atom. The molecule has 1 aromatic heterocycles. The average Bonchev–Trinajstić information content (AvgIpc) is 3.22. The maximum absolute atomic E-state index is 12.8. The number of nitrogens with zero attached hydrogens (tertiary/aromatic N) is 4. The van der Waals surface area contributed by atoms with Crippen molar-refractivity contribution in [1.29, 1.82) is 5.26 Å². The van der Waals surface area contributed by atoms with Gasteiger partial charge in [-0.2, -0.15) is 14.7 Å². The summed E-state index contributed by atoms with van der Waals surface area (Å²) in [7, 11) is -3.64. The first-order valence-corrected chi connectivity index (χ1v) is 12.1. The molecular weight excluding hydrogens is 456 g/mol. The number of hydrogen-bond acceptors (Lipinski definition) is 7. The van der Waals surface area contributed by atoms with E-state index < -0.39 is 10.0 Å². The van der Waals surface area contributed by atoms with Gasteiger partial charge in [-0.1, -0.05) is 11.6 Å². The van der Waals surface area contributed by atoms with E-state index in [0.717, 1.165) is 0 Å². The zero-order valence-corrected chi connectivity index (χ0v) is 18.8. The van der Waals surface area contributed by atoms with E-state index in [0.29, 0.717) is 50.0 Å². The fraction of sp³-hybridized carbons (Fsp3) is 0.450. The number of anilines is 2. The molecule has 1 aromatic carbocycles. The fourth-order valence-corrected chi connectivity index (χ4v) is 5.47. The average molecular weight is 479 g/mol.